The van der Waals surface area contributed by atoms with Crippen LogP contribution in [0.1, 0.15) is 36.3 Å². The van der Waals surface area contributed by atoms with E-state index in [4.69, 9.17) is 19.3 Å². The molecule has 0 amide bonds. The summed E-state index contributed by atoms with van der Waals surface area (Å²) >= 11 is 0. The molecule has 3 aromatic rings. The zero-order chi connectivity index (χ0) is 23.9. The lowest BCUT2D eigenvalue weighted by Crippen LogP contribution is -2.37. The first-order chi connectivity index (χ1) is 17.1. The lowest BCUT2D eigenvalue weighted by Gasteiger charge is -2.32. The number of piperidine rings is 1. The first-order valence-corrected chi connectivity index (χ1v) is 12.6. The van der Waals surface area contributed by atoms with E-state index in [2.05, 4.69) is 38.8 Å². The van der Waals surface area contributed by atoms with Gasteiger partial charge >= 0.3 is 6.01 Å². The van der Waals surface area contributed by atoms with Crippen LogP contribution in [-0.2, 0) is 9.47 Å². The number of ether oxygens (including phenoxy) is 3. The van der Waals surface area contributed by atoms with Gasteiger partial charge in [-0.25, -0.2) is 4.68 Å². The maximum Gasteiger partial charge on any atom is 0.320 e. The minimum absolute atomic E-state index is 0.293. The van der Waals surface area contributed by atoms with Crippen molar-refractivity contribution in [3.63, 3.8) is 0 Å². The minimum Gasteiger partial charge on any atom is -0.467 e. The van der Waals surface area contributed by atoms with E-state index in [1.807, 2.05) is 16.9 Å². The number of morpholine rings is 1. The Morgan fingerprint density at radius 2 is 1.91 bits per heavy atom. The second-order valence-corrected chi connectivity index (χ2v) is 10.0. The summed E-state index contributed by atoms with van der Waals surface area (Å²) in [7, 11) is 3.39. The highest BCUT2D eigenvalue weighted by Gasteiger charge is 2.40. The number of aryl methyl sites for hydroxylation is 1. The van der Waals surface area contributed by atoms with Crippen LogP contribution in [0, 0.1) is 6.92 Å². The van der Waals surface area contributed by atoms with Gasteiger partial charge in [-0.15, -0.1) is 0 Å². The fraction of sp³-hybridized carbons (Fsp3) is 0.577. The zero-order valence-corrected chi connectivity index (χ0v) is 20.8. The number of hydrogen-bond acceptors (Lipinski definition) is 8. The summed E-state index contributed by atoms with van der Waals surface area (Å²) in [5, 5.41) is 5.86. The molecule has 9 nitrogen and oxygen atoms in total. The summed E-state index contributed by atoms with van der Waals surface area (Å²) in [6.07, 6.45) is 5.60. The van der Waals surface area contributed by atoms with Crippen molar-refractivity contribution < 1.29 is 14.2 Å². The Labute approximate surface area is 206 Å². The largest absolute Gasteiger partial charge is 0.467 e. The molecule has 2 aromatic heterocycles. The Morgan fingerprint density at radius 1 is 1.09 bits per heavy atom. The van der Waals surface area contributed by atoms with Crippen LogP contribution >= 0.6 is 0 Å². The molecule has 6 rings (SSSR count). The number of aromatic nitrogens is 4. The molecule has 2 bridgehead atoms. The Hall–Kier alpha value is -2.75. The van der Waals surface area contributed by atoms with E-state index in [1.54, 1.807) is 14.2 Å². The number of benzene rings is 1. The molecule has 186 valence electrons. The van der Waals surface area contributed by atoms with E-state index in [-0.39, 0.29) is 0 Å². The maximum absolute atomic E-state index is 5.79. The highest BCUT2D eigenvalue weighted by Crippen LogP contribution is 2.35. The molecule has 1 aromatic carbocycles. The summed E-state index contributed by atoms with van der Waals surface area (Å²) in [4.78, 5) is 14.2. The average Bonchev–Trinajstić information content (AvgIpc) is 3.63. The van der Waals surface area contributed by atoms with E-state index >= 15 is 0 Å². The number of likely N-dealkylation sites (tertiary alicyclic amines) is 1. The van der Waals surface area contributed by atoms with Crippen LogP contribution in [-0.4, -0.2) is 90.4 Å². The molecule has 0 saturated carbocycles. The van der Waals surface area contributed by atoms with Crippen molar-refractivity contribution in [3.05, 3.63) is 35.5 Å². The van der Waals surface area contributed by atoms with Crippen molar-refractivity contribution >= 4 is 16.7 Å². The van der Waals surface area contributed by atoms with E-state index in [0.29, 0.717) is 24.1 Å². The fourth-order valence-electron chi connectivity index (χ4n) is 5.94. The van der Waals surface area contributed by atoms with E-state index in [1.165, 1.54) is 11.1 Å². The molecule has 0 aliphatic carbocycles. The first-order valence-electron chi connectivity index (χ1n) is 12.6. The van der Waals surface area contributed by atoms with Crippen LogP contribution in [0.2, 0.25) is 0 Å². The molecule has 0 N–H and O–H groups in total. The maximum atomic E-state index is 5.79. The Morgan fingerprint density at radius 3 is 2.63 bits per heavy atom. The standard InChI is InChI=1S/C26H34N6O3/c1-17-10-19-14-27-32(23(19)12-22(17)18-4-6-30(7-5-18)8-9-33-2)25-13-24(28-26(29-25)34-3)31-15-21-11-20(31)16-35-21/h10,12-14,18,20-21H,4-9,11,15-16H2,1-3H3. The van der Waals surface area contributed by atoms with Gasteiger partial charge < -0.3 is 24.0 Å². The van der Waals surface area contributed by atoms with E-state index in [0.717, 1.165) is 81.2 Å². The second-order valence-electron chi connectivity index (χ2n) is 10.0. The molecular formula is C26H34N6O3. The predicted molar refractivity (Wildman–Crippen MR) is 134 cm³/mol. The summed E-state index contributed by atoms with van der Waals surface area (Å²) < 4.78 is 18.5. The molecule has 5 heterocycles. The van der Waals surface area contributed by atoms with Crippen molar-refractivity contribution in [1.29, 1.82) is 0 Å². The molecule has 35 heavy (non-hydrogen) atoms. The van der Waals surface area contributed by atoms with Crippen molar-refractivity contribution in [2.24, 2.45) is 0 Å². The lowest BCUT2D eigenvalue weighted by molar-refractivity contribution is 0.0988. The first kappa shape index (κ1) is 22.7. The van der Waals surface area contributed by atoms with Crippen LogP contribution < -0.4 is 9.64 Å². The highest BCUT2D eigenvalue weighted by atomic mass is 16.5. The third kappa shape index (κ3) is 4.26. The molecule has 2 unspecified atom stereocenters. The van der Waals surface area contributed by atoms with Crippen LogP contribution in [0.4, 0.5) is 5.82 Å². The third-order valence-electron chi connectivity index (χ3n) is 7.87. The second kappa shape index (κ2) is 9.37. The van der Waals surface area contributed by atoms with Gasteiger partial charge in [0.1, 0.15) is 5.82 Å². The number of nitrogens with zero attached hydrogens (tertiary/aromatic N) is 6. The number of anilines is 1. The van der Waals surface area contributed by atoms with Crippen LogP contribution in [0.25, 0.3) is 16.7 Å². The van der Waals surface area contributed by atoms with Gasteiger partial charge in [0.05, 0.1) is 44.2 Å². The quantitative estimate of drug-likeness (QED) is 0.513. The molecule has 2 atom stereocenters. The number of fused-ring (bicyclic) bond motifs is 3. The highest BCUT2D eigenvalue weighted by molar-refractivity contribution is 5.82. The molecule has 3 aliphatic rings. The van der Waals surface area contributed by atoms with E-state index < -0.39 is 0 Å². The average molecular weight is 479 g/mol. The van der Waals surface area contributed by atoms with Crippen molar-refractivity contribution in [2.75, 3.05) is 58.5 Å². The molecule has 0 spiro atoms. The normalized spacial score (nSPS) is 23.0. The van der Waals surface area contributed by atoms with Crippen LogP contribution in [0.15, 0.2) is 24.4 Å². The van der Waals surface area contributed by atoms with Crippen molar-refractivity contribution in [1.82, 2.24) is 24.6 Å². The summed E-state index contributed by atoms with van der Waals surface area (Å²) in [6.45, 7) is 7.86. The van der Waals surface area contributed by atoms with Gasteiger partial charge in [-0.1, -0.05) is 0 Å². The Balaban J connectivity index is 1.32. The molecule has 0 radical (unpaired) electrons. The van der Waals surface area contributed by atoms with Crippen LogP contribution in [0.5, 0.6) is 6.01 Å². The number of hydrogen-bond donors (Lipinski definition) is 0. The number of rotatable bonds is 7. The smallest absolute Gasteiger partial charge is 0.320 e. The van der Waals surface area contributed by atoms with Gasteiger partial charge in [0.2, 0.25) is 0 Å². The van der Waals surface area contributed by atoms with Gasteiger partial charge in [-0.3, -0.25) is 0 Å². The monoisotopic (exact) mass is 478 g/mol. The molecule has 3 aliphatic heterocycles. The predicted octanol–water partition coefficient (Wildman–Crippen LogP) is 2.94. The zero-order valence-electron chi connectivity index (χ0n) is 20.8. The van der Waals surface area contributed by atoms with E-state index in [9.17, 15) is 0 Å². The van der Waals surface area contributed by atoms with Gasteiger partial charge in [-0.05, 0) is 68.5 Å². The van der Waals surface area contributed by atoms with Gasteiger partial charge in [0, 0.05) is 31.7 Å². The topological polar surface area (TPSA) is 77.8 Å². The Bertz CT molecular complexity index is 1210. The number of methoxy groups -OCH3 is 2. The molecule has 3 saturated heterocycles. The van der Waals surface area contributed by atoms with Crippen LogP contribution in [0.3, 0.4) is 0 Å². The third-order valence-corrected chi connectivity index (χ3v) is 7.87. The molecule has 3 fully saturated rings. The molecular weight excluding hydrogens is 444 g/mol. The SMILES string of the molecule is COCCN1CCC(c2cc3c(cnn3-c3cc(N4CC5CC4CO5)nc(OC)n3)cc2C)CC1. The van der Waals surface area contributed by atoms with Gasteiger partial charge in [0.15, 0.2) is 5.82 Å². The fourth-order valence-corrected chi connectivity index (χ4v) is 5.94. The lowest BCUT2D eigenvalue weighted by atomic mass is 9.86. The summed E-state index contributed by atoms with van der Waals surface area (Å²) in [5.74, 6) is 2.16. The van der Waals surface area contributed by atoms with Crippen molar-refractivity contribution in [3.8, 4) is 11.8 Å². The summed E-state index contributed by atoms with van der Waals surface area (Å²) in [6, 6.07) is 7.35. The van der Waals surface area contributed by atoms with Gasteiger partial charge in [-0.2, -0.15) is 15.1 Å². The van der Waals surface area contributed by atoms with Gasteiger partial charge in [0.25, 0.3) is 0 Å². The minimum atomic E-state index is 0.293. The summed E-state index contributed by atoms with van der Waals surface area (Å²) in [5.41, 5.74) is 3.83. The van der Waals surface area contributed by atoms with Crippen molar-refractivity contribution in [2.45, 2.75) is 44.2 Å². The molecule has 9 heteroatoms. The Kier molecular flexibility index (Phi) is 6.07.